The predicted octanol–water partition coefficient (Wildman–Crippen LogP) is 0.996. The van der Waals surface area contributed by atoms with Crippen molar-refractivity contribution < 1.29 is 14.9 Å². The molecule has 0 amide bonds. The van der Waals surface area contributed by atoms with Gasteiger partial charge in [-0.25, -0.2) is 0 Å². The summed E-state index contributed by atoms with van der Waals surface area (Å²) in [6.07, 6.45) is 2.39. The standard InChI is InChI=1S/C16H21NO3/c1-20-16-7-4-13(3-2-9-18)14(11-16)12-17(8-10-19)15-5-6-15/h4,7,11,15,18-19H,5-6,8-10,12H2,1H3. The molecule has 1 aliphatic carbocycles. The quantitative estimate of drug-likeness (QED) is 0.760. The summed E-state index contributed by atoms with van der Waals surface area (Å²) >= 11 is 0. The molecule has 0 bridgehead atoms. The molecule has 4 nitrogen and oxygen atoms in total. The van der Waals surface area contributed by atoms with Crippen molar-refractivity contribution in [2.75, 3.05) is 26.9 Å². The van der Waals surface area contributed by atoms with Crippen LogP contribution in [0.2, 0.25) is 0 Å². The number of hydrogen-bond acceptors (Lipinski definition) is 4. The molecule has 1 aromatic carbocycles. The van der Waals surface area contributed by atoms with Crippen LogP contribution < -0.4 is 4.74 Å². The van der Waals surface area contributed by atoms with Crippen LogP contribution in [0.5, 0.6) is 5.75 Å². The molecule has 1 aromatic rings. The van der Waals surface area contributed by atoms with Gasteiger partial charge in [0.2, 0.25) is 0 Å². The molecule has 2 N–H and O–H groups in total. The Morgan fingerprint density at radius 2 is 2.15 bits per heavy atom. The van der Waals surface area contributed by atoms with E-state index >= 15 is 0 Å². The number of aliphatic hydroxyl groups is 2. The first-order chi connectivity index (χ1) is 9.78. The normalized spacial score (nSPS) is 14.0. The first-order valence-corrected chi connectivity index (χ1v) is 6.90. The predicted molar refractivity (Wildman–Crippen MR) is 77.5 cm³/mol. The number of hydrogen-bond donors (Lipinski definition) is 2. The van der Waals surface area contributed by atoms with Crippen LogP contribution in [-0.2, 0) is 6.54 Å². The molecule has 0 saturated heterocycles. The molecule has 0 aromatic heterocycles. The Hall–Kier alpha value is -1.54. The molecule has 0 heterocycles. The molecule has 0 aliphatic heterocycles. The number of methoxy groups -OCH3 is 1. The number of ether oxygens (including phenoxy) is 1. The highest BCUT2D eigenvalue weighted by Crippen LogP contribution is 2.29. The highest BCUT2D eigenvalue weighted by Gasteiger charge is 2.28. The molecule has 0 spiro atoms. The number of aliphatic hydroxyl groups excluding tert-OH is 2. The Bertz CT molecular complexity index is 500. The van der Waals surface area contributed by atoms with Crippen LogP contribution in [0, 0.1) is 11.8 Å². The minimum atomic E-state index is -0.144. The van der Waals surface area contributed by atoms with Gasteiger partial charge in [0.25, 0.3) is 0 Å². The van der Waals surface area contributed by atoms with E-state index in [1.54, 1.807) is 7.11 Å². The van der Waals surface area contributed by atoms with Crippen molar-refractivity contribution in [1.29, 1.82) is 0 Å². The second kappa shape index (κ2) is 7.30. The average Bonchev–Trinajstić information content (AvgIpc) is 3.30. The highest BCUT2D eigenvalue weighted by molar-refractivity contribution is 5.45. The summed E-state index contributed by atoms with van der Waals surface area (Å²) < 4.78 is 5.27. The van der Waals surface area contributed by atoms with Gasteiger partial charge >= 0.3 is 0 Å². The van der Waals surface area contributed by atoms with Crippen LogP contribution in [0.1, 0.15) is 24.0 Å². The second-order valence-corrected chi connectivity index (χ2v) is 4.91. The van der Waals surface area contributed by atoms with Gasteiger partial charge in [-0.2, -0.15) is 0 Å². The Balaban J connectivity index is 2.21. The topological polar surface area (TPSA) is 52.9 Å². The molecular formula is C16H21NO3. The van der Waals surface area contributed by atoms with E-state index in [0.717, 1.165) is 23.4 Å². The lowest BCUT2D eigenvalue weighted by atomic mass is 10.1. The van der Waals surface area contributed by atoms with E-state index < -0.39 is 0 Å². The van der Waals surface area contributed by atoms with E-state index in [-0.39, 0.29) is 13.2 Å². The molecule has 1 saturated carbocycles. The van der Waals surface area contributed by atoms with Crippen molar-refractivity contribution in [2.24, 2.45) is 0 Å². The monoisotopic (exact) mass is 275 g/mol. The van der Waals surface area contributed by atoms with Crippen LogP contribution in [0.4, 0.5) is 0 Å². The van der Waals surface area contributed by atoms with Crippen LogP contribution in [0.25, 0.3) is 0 Å². The SMILES string of the molecule is COc1ccc(C#CCO)c(CN(CCO)C2CC2)c1. The molecule has 108 valence electrons. The van der Waals surface area contributed by atoms with E-state index in [9.17, 15) is 5.11 Å². The van der Waals surface area contributed by atoms with Gasteiger partial charge in [-0.05, 0) is 36.6 Å². The summed E-state index contributed by atoms with van der Waals surface area (Å²) in [6, 6.07) is 6.35. The second-order valence-electron chi connectivity index (χ2n) is 4.91. The summed E-state index contributed by atoms with van der Waals surface area (Å²) in [7, 11) is 1.64. The number of rotatable bonds is 6. The molecule has 0 unspecified atom stereocenters. The van der Waals surface area contributed by atoms with Crippen molar-refractivity contribution in [3.63, 3.8) is 0 Å². The van der Waals surface area contributed by atoms with E-state index in [1.165, 1.54) is 12.8 Å². The van der Waals surface area contributed by atoms with Crippen molar-refractivity contribution in [3.8, 4) is 17.6 Å². The van der Waals surface area contributed by atoms with Gasteiger partial charge in [-0.3, -0.25) is 4.90 Å². The first kappa shape index (κ1) is 14.9. The van der Waals surface area contributed by atoms with Crippen LogP contribution in [0.3, 0.4) is 0 Å². The fourth-order valence-electron chi connectivity index (χ4n) is 2.26. The fraction of sp³-hybridized carbons (Fsp3) is 0.500. The zero-order valence-electron chi connectivity index (χ0n) is 11.8. The molecule has 4 heteroatoms. The van der Waals surface area contributed by atoms with E-state index in [1.807, 2.05) is 18.2 Å². The highest BCUT2D eigenvalue weighted by atomic mass is 16.5. The van der Waals surface area contributed by atoms with Gasteiger partial charge in [-0.15, -0.1) is 0 Å². The largest absolute Gasteiger partial charge is 0.497 e. The Labute approximate surface area is 120 Å². The van der Waals surface area contributed by atoms with Gasteiger partial charge in [0.1, 0.15) is 12.4 Å². The van der Waals surface area contributed by atoms with Gasteiger partial charge in [-0.1, -0.05) is 11.8 Å². The molecular weight excluding hydrogens is 254 g/mol. The summed E-state index contributed by atoms with van der Waals surface area (Å²) in [5.41, 5.74) is 1.98. The Kier molecular flexibility index (Phi) is 5.42. The molecule has 0 atom stereocenters. The number of nitrogens with zero attached hydrogens (tertiary/aromatic N) is 1. The maximum atomic E-state index is 9.18. The van der Waals surface area contributed by atoms with E-state index in [2.05, 4.69) is 16.7 Å². The zero-order chi connectivity index (χ0) is 14.4. The lowest BCUT2D eigenvalue weighted by Crippen LogP contribution is -2.29. The van der Waals surface area contributed by atoms with Crippen molar-refractivity contribution in [2.45, 2.75) is 25.4 Å². The third kappa shape index (κ3) is 3.97. The summed E-state index contributed by atoms with van der Waals surface area (Å²) in [5, 5.41) is 18.0. The van der Waals surface area contributed by atoms with Crippen LogP contribution >= 0.6 is 0 Å². The Morgan fingerprint density at radius 3 is 2.75 bits per heavy atom. The first-order valence-electron chi connectivity index (χ1n) is 6.90. The van der Waals surface area contributed by atoms with Crippen LogP contribution in [0.15, 0.2) is 18.2 Å². The molecule has 1 aliphatic rings. The van der Waals surface area contributed by atoms with Gasteiger partial charge in [0.15, 0.2) is 0 Å². The third-order valence-corrected chi connectivity index (χ3v) is 3.44. The minimum Gasteiger partial charge on any atom is -0.497 e. The smallest absolute Gasteiger partial charge is 0.119 e. The molecule has 1 fully saturated rings. The third-order valence-electron chi connectivity index (χ3n) is 3.44. The van der Waals surface area contributed by atoms with E-state index in [0.29, 0.717) is 12.6 Å². The zero-order valence-corrected chi connectivity index (χ0v) is 11.8. The molecule has 2 rings (SSSR count). The minimum absolute atomic E-state index is 0.144. The van der Waals surface area contributed by atoms with Crippen LogP contribution in [-0.4, -0.2) is 48.0 Å². The lowest BCUT2D eigenvalue weighted by molar-refractivity contribution is 0.183. The fourth-order valence-corrected chi connectivity index (χ4v) is 2.26. The van der Waals surface area contributed by atoms with Gasteiger partial charge in [0, 0.05) is 24.7 Å². The maximum absolute atomic E-state index is 9.18. The number of benzene rings is 1. The average molecular weight is 275 g/mol. The summed E-state index contributed by atoms with van der Waals surface area (Å²) in [5.74, 6) is 6.47. The van der Waals surface area contributed by atoms with E-state index in [4.69, 9.17) is 9.84 Å². The molecule has 20 heavy (non-hydrogen) atoms. The van der Waals surface area contributed by atoms with Crippen molar-refractivity contribution in [3.05, 3.63) is 29.3 Å². The van der Waals surface area contributed by atoms with Gasteiger partial charge < -0.3 is 14.9 Å². The van der Waals surface area contributed by atoms with Crippen molar-refractivity contribution >= 4 is 0 Å². The summed E-state index contributed by atoms with van der Waals surface area (Å²) in [6.45, 7) is 1.44. The Morgan fingerprint density at radius 1 is 1.35 bits per heavy atom. The van der Waals surface area contributed by atoms with Crippen molar-refractivity contribution in [1.82, 2.24) is 4.90 Å². The lowest BCUT2D eigenvalue weighted by Gasteiger charge is -2.22. The summed E-state index contributed by atoms with van der Waals surface area (Å²) in [4.78, 5) is 2.28. The maximum Gasteiger partial charge on any atom is 0.119 e. The van der Waals surface area contributed by atoms with Gasteiger partial charge in [0.05, 0.1) is 13.7 Å². The molecule has 0 radical (unpaired) electrons.